The molecule has 0 aromatic heterocycles. The number of nitrogens with zero attached hydrogens (tertiary/aromatic N) is 1. The van der Waals surface area contributed by atoms with E-state index < -0.39 is 6.23 Å². The molecular weight excluding hydrogens is 114 g/mol. The fourth-order valence-corrected chi connectivity index (χ4v) is 0.572. The van der Waals surface area contributed by atoms with Crippen molar-refractivity contribution in [1.82, 2.24) is 0 Å². The summed E-state index contributed by atoms with van der Waals surface area (Å²) in [6.45, 7) is 1.93. The standard InChI is InChI=1S/C7H13NO/c1-2-7(9)8-5-6-3-4-6/h5-7,9H,2-4H2,1H3/t7-/m0/s1. The van der Waals surface area contributed by atoms with Gasteiger partial charge in [-0.3, -0.25) is 4.99 Å². The van der Waals surface area contributed by atoms with Gasteiger partial charge >= 0.3 is 0 Å². The molecule has 0 spiro atoms. The summed E-state index contributed by atoms with van der Waals surface area (Å²) in [6, 6.07) is 0. The fourth-order valence-electron chi connectivity index (χ4n) is 0.572. The third kappa shape index (κ3) is 2.61. The van der Waals surface area contributed by atoms with E-state index in [-0.39, 0.29) is 0 Å². The molecule has 1 N–H and O–H groups in total. The first-order valence-electron chi connectivity index (χ1n) is 3.54. The van der Waals surface area contributed by atoms with E-state index >= 15 is 0 Å². The van der Waals surface area contributed by atoms with Crippen LogP contribution in [0.1, 0.15) is 26.2 Å². The summed E-state index contributed by atoms with van der Waals surface area (Å²) in [5.41, 5.74) is 0. The zero-order valence-electron chi connectivity index (χ0n) is 5.75. The van der Waals surface area contributed by atoms with Crippen LogP contribution in [0, 0.1) is 5.92 Å². The zero-order valence-corrected chi connectivity index (χ0v) is 5.75. The minimum atomic E-state index is -0.453. The second kappa shape index (κ2) is 2.97. The topological polar surface area (TPSA) is 32.6 Å². The van der Waals surface area contributed by atoms with E-state index in [9.17, 15) is 0 Å². The number of rotatable bonds is 3. The van der Waals surface area contributed by atoms with E-state index in [4.69, 9.17) is 5.11 Å². The first-order valence-corrected chi connectivity index (χ1v) is 3.54. The summed E-state index contributed by atoms with van der Waals surface area (Å²) in [5.74, 6) is 0.686. The van der Waals surface area contributed by atoms with Gasteiger partial charge in [0.2, 0.25) is 0 Å². The lowest BCUT2D eigenvalue weighted by atomic mass is 10.4. The third-order valence-corrected chi connectivity index (χ3v) is 1.46. The normalized spacial score (nSPS) is 22.9. The Hall–Kier alpha value is -0.370. The van der Waals surface area contributed by atoms with Crippen molar-refractivity contribution in [3.8, 4) is 0 Å². The van der Waals surface area contributed by atoms with E-state index in [0.717, 1.165) is 6.42 Å². The van der Waals surface area contributed by atoms with Gasteiger partial charge in [-0.2, -0.15) is 0 Å². The van der Waals surface area contributed by atoms with E-state index in [2.05, 4.69) is 4.99 Å². The van der Waals surface area contributed by atoms with Gasteiger partial charge in [0.1, 0.15) is 6.23 Å². The monoisotopic (exact) mass is 127 g/mol. The number of hydrogen-bond acceptors (Lipinski definition) is 2. The van der Waals surface area contributed by atoms with Crippen LogP contribution in [0.5, 0.6) is 0 Å². The predicted molar refractivity (Wildman–Crippen MR) is 37.5 cm³/mol. The molecule has 1 rings (SSSR count). The molecule has 0 heterocycles. The molecule has 1 atom stereocenters. The van der Waals surface area contributed by atoms with Gasteiger partial charge in [-0.05, 0) is 25.2 Å². The zero-order chi connectivity index (χ0) is 6.69. The van der Waals surface area contributed by atoms with E-state index in [1.165, 1.54) is 12.8 Å². The molecular formula is C7H13NO. The molecule has 0 radical (unpaired) electrons. The lowest BCUT2D eigenvalue weighted by Gasteiger charge is -1.96. The van der Waals surface area contributed by atoms with Crippen LogP contribution < -0.4 is 0 Å². The minimum Gasteiger partial charge on any atom is -0.372 e. The molecule has 1 saturated carbocycles. The van der Waals surface area contributed by atoms with Crippen molar-refractivity contribution in [2.45, 2.75) is 32.4 Å². The van der Waals surface area contributed by atoms with E-state index in [0.29, 0.717) is 5.92 Å². The van der Waals surface area contributed by atoms with Crippen molar-refractivity contribution in [1.29, 1.82) is 0 Å². The summed E-state index contributed by atoms with van der Waals surface area (Å²) in [4.78, 5) is 3.94. The molecule has 2 nitrogen and oxygen atoms in total. The molecule has 1 fully saturated rings. The molecule has 0 saturated heterocycles. The molecule has 0 aliphatic heterocycles. The van der Waals surface area contributed by atoms with Crippen LogP contribution in [0.25, 0.3) is 0 Å². The van der Waals surface area contributed by atoms with Crippen molar-refractivity contribution in [3.63, 3.8) is 0 Å². The van der Waals surface area contributed by atoms with Crippen LogP contribution in [0.2, 0.25) is 0 Å². The Balaban J connectivity index is 2.12. The van der Waals surface area contributed by atoms with Gasteiger partial charge in [-0.15, -0.1) is 0 Å². The van der Waals surface area contributed by atoms with Crippen LogP contribution in [0.3, 0.4) is 0 Å². The molecule has 1 aliphatic rings. The highest BCUT2D eigenvalue weighted by Crippen LogP contribution is 2.26. The largest absolute Gasteiger partial charge is 0.372 e. The van der Waals surface area contributed by atoms with Crippen LogP contribution in [-0.2, 0) is 0 Å². The molecule has 2 heteroatoms. The van der Waals surface area contributed by atoms with Crippen molar-refractivity contribution in [2.24, 2.45) is 10.9 Å². The van der Waals surface area contributed by atoms with Gasteiger partial charge in [0.05, 0.1) is 0 Å². The Kier molecular flexibility index (Phi) is 2.22. The Morgan fingerprint density at radius 1 is 1.78 bits per heavy atom. The van der Waals surface area contributed by atoms with Gasteiger partial charge in [-0.25, -0.2) is 0 Å². The van der Waals surface area contributed by atoms with Crippen molar-refractivity contribution in [2.75, 3.05) is 0 Å². The molecule has 9 heavy (non-hydrogen) atoms. The van der Waals surface area contributed by atoms with E-state index in [1.54, 1.807) is 0 Å². The van der Waals surface area contributed by atoms with Crippen molar-refractivity contribution < 1.29 is 5.11 Å². The average molecular weight is 127 g/mol. The summed E-state index contributed by atoms with van der Waals surface area (Å²) in [7, 11) is 0. The fraction of sp³-hybridized carbons (Fsp3) is 0.857. The van der Waals surface area contributed by atoms with Gasteiger partial charge in [-0.1, -0.05) is 6.92 Å². The minimum absolute atomic E-state index is 0.453. The molecule has 0 bridgehead atoms. The van der Waals surface area contributed by atoms with Gasteiger partial charge in [0.15, 0.2) is 0 Å². The Morgan fingerprint density at radius 3 is 2.89 bits per heavy atom. The quantitative estimate of drug-likeness (QED) is 0.567. The van der Waals surface area contributed by atoms with Gasteiger partial charge in [0, 0.05) is 6.21 Å². The maximum absolute atomic E-state index is 8.94. The molecule has 1 aliphatic carbocycles. The molecule has 0 aromatic rings. The second-order valence-electron chi connectivity index (χ2n) is 2.52. The number of hydrogen-bond donors (Lipinski definition) is 1. The first-order chi connectivity index (χ1) is 4.33. The number of aliphatic imine (C=N–C) groups is 1. The third-order valence-electron chi connectivity index (χ3n) is 1.46. The number of aliphatic hydroxyl groups is 1. The average Bonchev–Trinajstić information content (AvgIpc) is 2.65. The predicted octanol–water partition coefficient (Wildman–Crippen LogP) is 1.20. The smallest absolute Gasteiger partial charge is 0.144 e. The molecule has 0 aromatic carbocycles. The molecule has 0 unspecified atom stereocenters. The maximum atomic E-state index is 8.94. The highest BCUT2D eigenvalue weighted by atomic mass is 16.3. The number of aliphatic hydroxyl groups excluding tert-OH is 1. The summed E-state index contributed by atoms with van der Waals surface area (Å²) >= 11 is 0. The summed E-state index contributed by atoms with van der Waals surface area (Å²) in [6.07, 6.45) is 4.68. The lowest BCUT2D eigenvalue weighted by Crippen LogP contribution is -1.99. The van der Waals surface area contributed by atoms with Crippen LogP contribution in [0.15, 0.2) is 4.99 Å². The summed E-state index contributed by atoms with van der Waals surface area (Å²) < 4.78 is 0. The Morgan fingerprint density at radius 2 is 2.44 bits per heavy atom. The van der Waals surface area contributed by atoms with Crippen LogP contribution in [-0.4, -0.2) is 17.5 Å². The van der Waals surface area contributed by atoms with E-state index in [1.807, 2.05) is 13.1 Å². The van der Waals surface area contributed by atoms with Crippen LogP contribution >= 0.6 is 0 Å². The molecule has 0 amide bonds. The van der Waals surface area contributed by atoms with Gasteiger partial charge < -0.3 is 5.11 Å². The van der Waals surface area contributed by atoms with Crippen molar-refractivity contribution in [3.05, 3.63) is 0 Å². The lowest BCUT2D eigenvalue weighted by molar-refractivity contribution is 0.181. The SMILES string of the molecule is CC[C@H](O)N=CC1CC1. The Labute approximate surface area is 55.6 Å². The van der Waals surface area contributed by atoms with Gasteiger partial charge in [0.25, 0.3) is 0 Å². The maximum Gasteiger partial charge on any atom is 0.144 e. The first kappa shape index (κ1) is 6.75. The highest BCUT2D eigenvalue weighted by molar-refractivity contribution is 5.63. The van der Waals surface area contributed by atoms with Crippen molar-refractivity contribution >= 4 is 6.21 Å². The second-order valence-corrected chi connectivity index (χ2v) is 2.52. The highest BCUT2D eigenvalue weighted by Gasteiger charge is 2.18. The van der Waals surface area contributed by atoms with Crippen LogP contribution in [0.4, 0.5) is 0 Å². The summed E-state index contributed by atoms with van der Waals surface area (Å²) in [5, 5.41) is 8.94. The molecule has 52 valence electrons. The Bertz CT molecular complexity index is 107.